The first-order valence-electron chi connectivity index (χ1n) is 26.7. The first-order chi connectivity index (χ1) is 31.0. The summed E-state index contributed by atoms with van der Waals surface area (Å²) in [5, 5.41) is 0. The van der Waals surface area contributed by atoms with Crippen molar-refractivity contribution in [1.82, 2.24) is 0 Å². The van der Waals surface area contributed by atoms with E-state index in [1.54, 1.807) is 0 Å². The molecule has 0 amide bonds. The van der Waals surface area contributed by atoms with Crippen molar-refractivity contribution in [2.45, 2.75) is 251 Å². The molecule has 0 aliphatic heterocycles. The lowest BCUT2D eigenvalue weighted by Gasteiger charge is -2.24. The molecule has 0 aromatic carbocycles. The maximum Gasteiger partial charge on any atom is 0.472 e. The minimum atomic E-state index is -4.38. The summed E-state index contributed by atoms with van der Waals surface area (Å²) in [5.41, 5.74) is 0. The molecule has 376 valence electrons. The van der Waals surface area contributed by atoms with E-state index in [2.05, 4.69) is 50.3 Å². The number of quaternary nitrogens is 1. The highest BCUT2D eigenvalue weighted by Crippen LogP contribution is 2.43. The SMILES string of the molecule is CCCCC/C=C/C/C=C/C/C=C/CCCCCCC(=O)OC[C@H](COP(=O)(O)OCC[N+](C)(C)C)OC(=O)CCCCCCCCCCCCCCCCCCCCCCCCC. The van der Waals surface area contributed by atoms with Gasteiger partial charge < -0.3 is 18.9 Å². The van der Waals surface area contributed by atoms with E-state index in [1.807, 2.05) is 21.1 Å². The summed E-state index contributed by atoms with van der Waals surface area (Å²) in [6, 6.07) is 0. The number of hydrogen-bond donors (Lipinski definition) is 1. The van der Waals surface area contributed by atoms with Gasteiger partial charge in [-0.1, -0.05) is 217 Å². The van der Waals surface area contributed by atoms with Crippen LogP contribution in [0.5, 0.6) is 0 Å². The number of hydrogen-bond acceptors (Lipinski definition) is 7. The Kier molecular flexibility index (Phi) is 45.1. The van der Waals surface area contributed by atoms with Gasteiger partial charge in [0, 0.05) is 12.8 Å². The van der Waals surface area contributed by atoms with Crippen LogP contribution in [0.3, 0.4) is 0 Å². The number of rotatable bonds is 49. The van der Waals surface area contributed by atoms with Crippen molar-refractivity contribution in [3.63, 3.8) is 0 Å². The summed E-state index contributed by atoms with van der Waals surface area (Å²) in [6.07, 6.45) is 54.9. The molecule has 0 fully saturated rings. The first-order valence-corrected chi connectivity index (χ1v) is 28.2. The van der Waals surface area contributed by atoms with Crippen molar-refractivity contribution in [1.29, 1.82) is 0 Å². The molecule has 0 heterocycles. The van der Waals surface area contributed by atoms with Crippen molar-refractivity contribution in [3.05, 3.63) is 36.5 Å². The van der Waals surface area contributed by atoms with Gasteiger partial charge in [-0.25, -0.2) is 4.57 Å². The maximum atomic E-state index is 12.8. The van der Waals surface area contributed by atoms with E-state index in [9.17, 15) is 19.0 Å². The molecule has 1 unspecified atom stereocenters. The van der Waals surface area contributed by atoms with Crippen LogP contribution >= 0.6 is 7.82 Å². The Morgan fingerprint density at radius 2 is 0.844 bits per heavy atom. The fourth-order valence-corrected chi connectivity index (χ4v) is 8.24. The summed E-state index contributed by atoms with van der Waals surface area (Å²) in [7, 11) is 1.47. The van der Waals surface area contributed by atoms with Gasteiger partial charge in [0.15, 0.2) is 6.10 Å². The minimum Gasteiger partial charge on any atom is -0.462 e. The van der Waals surface area contributed by atoms with E-state index >= 15 is 0 Å². The van der Waals surface area contributed by atoms with Gasteiger partial charge in [0.05, 0.1) is 27.7 Å². The summed E-state index contributed by atoms with van der Waals surface area (Å²) in [6.45, 7) is 4.41. The molecule has 64 heavy (non-hydrogen) atoms. The Bertz CT molecular complexity index is 1180. The van der Waals surface area contributed by atoms with Crippen LogP contribution in [0.25, 0.3) is 0 Å². The van der Waals surface area contributed by atoms with Crippen molar-refractivity contribution < 1.29 is 42.1 Å². The lowest BCUT2D eigenvalue weighted by molar-refractivity contribution is -0.870. The third kappa shape index (κ3) is 49.7. The first kappa shape index (κ1) is 62.2. The average Bonchev–Trinajstić information content (AvgIpc) is 3.25. The van der Waals surface area contributed by atoms with Gasteiger partial charge in [0.25, 0.3) is 0 Å². The predicted molar refractivity (Wildman–Crippen MR) is 270 cm³/mol. The molecule has 0 aromatic rings. The average molecular weight is 925 g/mol. The van der Waals surface area contributed by atoms with E-state index in [0.717, 1.165) is 51.4 Å². The second kappa shape index (κ2) is 46.3. The van der Waals surface area contributed by atoms with Gasteiger partial charge in [-0.05, 0) is 51.4 Å². The van der Waals surface area contributed by atoms with E-state index in [1.165, 1.54) is 154 Å². The normalized spacial score (nSPS) is 13.7. The van der Waals surface area contributed by atoms with Crippen LogP contribution in [0.1, 0.15) is 245 Å². The van der Waals surface area contributed by atoms with Crippen molar-refractivity contribution in [2.24, 2.45) is 0 Å². The minimum absolute atomic E-state index is 0.0290. The van der Waals surface area contributed by atoms with Gasteiger partial charge in [-0.15, -0.1) is 0 Å². The van der Waals surface area contributed by atoms with Crippen molar-refractivity contribution in [2.75, 3.05) is 47.5 Å². The Morgan fingerprint density at radius 1 is 0.484 bits per heavy atom. The molecule has 0 aromatic heterocycles. The quantitative estimate of drug-likeness (QED) is 0.0211. The van der Waals surface area contributed by atoms with Gasteiger partial charge in [0.1, 0.15) is 19.8 Å². The molecule has 0 spiro atoms. The number of carbonyl (C=O) groups excluding carboxylic acids is 2. The molecule has 0 radical (unpaired) electrons. The van der Waals surface area contributed by atoms with Crippen molar-refractivity contribution in [3.8, 4) is 0 Å². The van der Waals surface area contributed by atoms with Crippen LogP contribution in [-0.2, 0) is 32.7 Å². The second-order valence-electron chi connectivity index (χ2n) is 19.3. The van der Waals surface area contributed by atoms with Crippen LogP contribution in [-0.4, -0.2) is 74.9 Å². The third-order valence-corrected chi connectivity index (χ3v) is 12.7. The fourth-order valence-electron chi connectivity index (χ4n) is 7.49. The van der Waals surface area contributed by atoms with Gasteiger partial charge in [-0.3, -0.25) is 18.6 Å². The van der Waals surface area contributed by atoms with Crippen molar-refractivity contribution >= 4 is 19.8 Å². The molecule has 0 aliphatic carbocycles. The topological polar surface area (TPSA) is 108 Å². The summed E-state index contributed by atoms with van der Waals surface area (Å²) < 4.78 is 34.5. The highest BCUT2D eigenvalue weighted by atomic mass is 31.2. The summed E-state index contributed by atoms with van der Waals surface area (Å²) >= 11 is 0. The molecule has 1 N–H and O–H groups in total. The largest absolute Gasteiger partial charge is 0.472 e. The van der Waals surface area contributed by atoms with E-state index in [0.29, 0.717) is 23.9 Å². The summed E-state index contributed by atoms with van der Waals surface area (Å²) in [5.74, 6) is -0.813. The number of allylic oxidation sites excluding steroid dienone is 6. The number of unbranched alkanes of at least 4 members (excludes halogenated alkanes) is 29. The Balaban J connectivity index is 4.21. The Morgan fingerprint density at radius 3 is 1.28 bits per heavy atom. The zero-order valence-corrected chi connectivity index (χ0v) is 43.4. The number of phosphoric ester groups is 1. The molecule has 10 heteroatoms. The number of likely N-dealkylation sites (N-methyl/N-ethyl adjacent to an activating group) is 1. The Hall–Kier alpha value is -1.77. The second-order valence-corrected chi connectivity index (χ2v) is 20.7. The molecule has 0 aliphatic rings. The zero-order valence-electron chi connectivity index (χ0n) is 42.5. The maximum absolute atomic E-state index is 12.8. The fraction of sp³-hybridized carbons (Fsp3) is 0.852. The van der Waals surface area contributed by atoms with Gasteiger partial charge >= 0.3 is 19.8 Å². The van der Waals surface area contributed by atoms with E-state index < -0.39 is 26.5 Å². The van der Waals surface area contributed by atoms with Gasteiger partial charge in [0.2, 0.25) is 0 Å². The van der Waals surface area contributed by atoms with Crippen LogP contribution < -0.4 is 0 Å². The van der Waals surface area contributed by atoms with Crippen LogP contribution in [0.15, 0.2) is 36.5 Å². The molecule has 0 saturated carbocycles. The monoisotopic (exact) mass is 925 g/mol. The number of esters is 2. The van der Waals surface area contributed by atoms with Crippen LogP contribution in [0.2, 0.25) is 0 Å². The van der Waals surface area contributed by atoms with E-state index in [4.69, 9.17) is 18.5 Å². The van der Waals surface area contributed by atoms with E-state index in [-0.39, 0.29) is 32.0 Å². The molecule has 0 bridgehead atoms. The highest BCUT2D eigenvalue weighted by Gasteiger charge is 2.27. The lowest BCUT2D eigenvalue weighted by Crippen LogP contribution is -2.37. The molecule has 2 atom stereocenters. The lowest BCUT2D eigenvalue weighted by atomic mass is 10.0. The molecular formula is C54H103NO8P+. The third-order valence-electron chi connectivity index (χ3n) is 11.7. The van der Waals surface area contributed by atoms with Crippen LogP contribution in [0.4, 0.5) is 0 Å². The molecule has 0 rings (SSSR count). The molecule has 9 nitrogen and oxygen atoms in total. The number of ether oxygens (including phenoxy) is 2. The number of phosphoric acid groups is 1. The molecule has 0 saturated heterocycles. The highest BCUT2D eigenvalue weighted by molar-refractivity contribution is 7.47. The number of nitrogens with zero attached hydrogens (tertiary/aromatic N) is 1. The van der Waals surface area contributed by atoms with Gasteiger partial charge in [-0.2, -0.15) is 0 Å². The van der Waals surface area contributed by atoms with Crippen LogP contribution in [0, 0.1) is 0 Å². The molecular weight excluding hydrogens is 822 g/mol. The predicted octanol–water partition coefficient (Wildman–Crippen LogP) is 16.0. The standard InChI is InChI=1S/C54H102NO8P/c1-6-8-10-12-14-16-18-20-22-24-25-26-27-28-29-31-33-35-37-39-41-43-45-47-54(57)63-52(51-62-64(58,59)61-49-48-55(3,4)5)50-60-53(56)46-44-42-40-38-36-34-32-30-23-21-19-17-15-13-11-9-7-2/h15,17,21,23,32,34,52H,6-14,16,18-20,22,24-31,33,35-51H2,1-5H3/p+1/b17-15+,23-21+,34-32+/t52-/m1/s1. The Labute approximate surface area is 395 Å². The summed E-state index contributed by atoms with van der Waals surface area (Å²) in [4.78, 5) is 35.6. The zero-order chi connectivity index (χ0) is 47.1. The number of carbonyl (C=O) groups is 2. The smallest absolute Gasteiger partial charge is 0.462 e.